The Morgan fingerprint density at radius 1 is 1.21 bits per heavy atom. The Balaban J connectivity index is 1.87. The number of aromatic nitrogens is 1. The smallest absolute Gasteiger partial charge is 0.220 e. The van der Waals surface area contributed by atoms with Gasteiger partial charge in [-0.15, -0.1) is 0 Å². The van der Waals surface area contributed by atoms with E-state index in [1.54, 1.807) is 37.4 Å². The molecule has 0 amide bonds. The van der Waals surface area contributed by atoms with Crippen molar-refractivity contribution in [2.45, 2.75) is 18.7 Å². The Hall–Kier alpha value is -1.89. The van der Waals surface area contributed by atoms with Gasteiger partial charge in [0.15, 0.2) is 5.58 Å². The summed E-state index contributed by atoms with van der Waals surface area (Å²) in [5, 5.41) is 5.20. The molecule has 0 aliphatic heterocycles. The first-order valence-electron chi connectivity index (χ1n) is 7.43. The third kappa shape index (κ3) is 3.31. The van der Waals surface area contributed by atoms with E-state index in [1.807, 2.05) is 25.1 Å². The van der Waals surface area contributed by atoms with Gasteiger partial charge in [-0.25, -0.2) is 8.42 Å². The molecule has 3 aromatic rings. The number of hydrogen-bond acceptors (Lipinski definition) is 4. The summed E-state index contributed by atoms with van der Waals surface area (Å²) in [6, 6.07) is 14.1. The first-order valence-corrected chi connectivity index (χ1v) is 9.41. The zero-order valence-electron chi connectivity index (χ0n) is 13.3. The van der Waals surface area contributed by atoms with Crippen LogP contribution in [0, 0.1) is 0 Å². The van der Waals surface area contributed by atoms with Gasteiger partial charge in [0.25, 0.3) is 0 Å². The molecule has 0 saturated carbocycles. The van der Waals surface area contributed by atoms with E-state index in [2.05, 4.69) is 5.16 Å². The highest BCUT2D eigenvalue weighted by atomic mass is 35.5. The molecule has 5 nitrogen and oxygen atoms in total. The summed E-state index contributed by atoms with van der Waals surface area (Å²) in [7, 11) is -2.01. The van der Waals surface area contributed by atoms with E-state index in [1.165, 1.54) is 4.31 Å². The second-order valence-corrected chi connectivity index (χ2v) is 8.09. The quantitative estimate of drug-likeness (QED) is 0.686. The monoisotopic (exact) mass is 364 g/mol. The molecule has 0 fully saturated rings. The predicted molar refractivity (Wildman–Crippen MR) is 94.3 cm³/mol. The van der Waals surface area contributed by atoms with Crippen LogP contribution in [-0.4, -0.2) is 24.9 Å². The lowest BCUT2D eigenvalue weighted by atomic mass is 10.1. The summed E-state index contributed by atoms with van der Waals surface area (Å²) in [4.78, 5) is 0. The first kappa shape index (κ1) is 17.0. The second kappa shape index (κ2) is 6.55. The number of hydrogen-bond donors (Lipinski definition) is 0. The van der Waals surface area contributed by atoms with Crippen LogP contribution in [0.4, 0.5) is 0 Å². The molecule has 0 radical (unpaired) electrons. The molecule has 24 heavy (non-hydrogen) atoms. The van der Waals surface area contributed by atoms with Crippen LogP contribution in [0.2, 0.25) is 5.02 Å². The summed E-state index contributed by atoms with van der Waals surface area (Å²) in [5.41, 5.74) is 1.82. The van der Waals surface area contributed by atoms with Gasteiger partial charge < -0.3 is 4.52 Å². The fourth-order valence-corrected chi connectivity index (χ4v) is 4.09. The molecule has 126 valence electrons. The van der Waals surface area contributed by atoms with Gasteiger partial charge in [0.05, 0.1) is 0 Å². The van der Waals surface area contributed by atoms with E-state index in [9.17, 15) is 8.42 Å². The summed E-state index contributed by atoms with van der Waals surface area (Å²) in [5.74, 6) is -0.217. The van der Waals surface area contributed by atoms with Crippen LogP contribution in [0.3, 0.4) is 0 Å². The van der Waals surface area contributed by atoms with E-state index in [-0.39, 0.29) is 11.8 Å². The molecule has 7 heteroatoms. The van der Waals surface area contributed by atoms with E-state index in [4.69, 9.17) is 16.1 Å². The fraction of sp³-hybridized carbons (Fsp3) is 0.235. The number of halogens is 1. The molecule has 1 atom stereocenters. The van der Waals surface area contributed by atoms with E-state index in [0.717, 1.165) is 5.56 Å². The first-order chi connectivity index (χ1) is 11.4. The van der Waals surface area contributed by atoms with Crippen LogP contribution in [-0.2, 0) is 15.8 Å². The molecule has 1 unspecified atom stereocenters. The van der Waals surface area contributed by atoms with Crippen molar-refractivity contribution in [1.29, 1.82) is 0 Å². The Morgan fingerprint density at radius 2 is 1.96 bits per heavy atom. The summed E-state index contributed by atoms with van der Waals surface area (Å²) in [6.45, 7) is 1.82. The maximum Gasteiger partial charge on any atom is 0.220 e. The van der Waals surface area contributed by atoms with Crippen LogP contribution in [0.15, 0.2) is 53.1 Å². The zero-order valence-corrected chi connectivity index (χ0v) is 14.9. The van der Waals surface area contributed by atoms with Crippen molar-refractivity contribution in [2.24, 2.45) is 0 Å². The van der Waals surface area contributed by atoms with Crippen molar-refractivity contribution >= 4 is 32.6 Å². The molecular formula is C17H17ClN2O3S. The molecule has 1 aromatic heterocycles. The van der Waals surface area contributed by atoms with Crippen molar-refractivity contribution in [3.8, 4) is 0 Å². The van der Waals surface area contributed by atoms with Crippen LogP contribution >= 0.6 is 11.6 Å². The van der Waals surface area contributed by atoms with Crippen molar-refractivity contribution in [1.82, 2.24) is 9.46 Å². The van der Waals surface area contributed by atoms with Gasteiger partial charge in [0.1, 0.15) is 11.4 Å². The van der Waals surface area contributed by atoms with E-state index < -0.39 is 10.0 Å². The lowest BCUT2D eigenvalue weighted by Crippen LogP contribution is -2.31. The van der Waals surface area contributed by atoms with Crippen LogP contribution in [0.5, 0.6) is 0 Å². The Kier molecular flexibility index (Phi) is 4.62. The van der Waals surface area contributed by atoms with Gasteiger partial charge in [0, 0.05) is 23.5 Å². The summed E-state index contributed by atoms with van der Waals surface area (Å²) < 4.78 is 32.0. The van der Waals surface area contributed by atoms with Gasteiger partial charge in [-0.05, 0) is 36.8 Å². The minimum Gasteiger partial charge on any atom is -0.356 e. The minimum absolute atomic E-state index is 0.217. The van der Waals surface area contributed by atoms with E-state index in [0.29, 0.717) is 21.7 Å². The highest BCUT2D eigenvalue weighted by Crippen LogP contribution is 2.27. The molecule has 2 aromatic carbocycles. The highest BCUT2D eigenvalue weighted by Gasteiger charge is 2.27. The fourth-order valence-electron chi connectivity index (χ4n) is 2.53. The summed E-state index contributed by atoms with van der Waals surface area (Å²) >= 11 is 6.00. The van der Waals surface area contributed by atoms with Crippen molar-refractivity contribution in [3.63, 3.8) is 0 Å². The molecule has 0 spiro atoms. The normalized spacial score (nSPS) is 13.5. The Morgan fingerprint density at radius 3 is 2.71 bits per heavy atom. The molecule has 0 aliphatic rings. The number of para-hydroxylation sites is 1. The lowest BCUT2D eigenvalue weighted by molar-refractivity contribution is 0.395. The molecule has 0 N–H and O–H groups in total. The molecule has 0 aliphatic carbocycles. The minimum atomic E-state index is -3.57. The largest absolute Gasteiger partial charge is 0.356 e. The Labute approximate surface area is 145 Å². The SMILES string of the molecule is CC(c1cccc(Cl)c1)N(C)S(=O)(=O)Cc1noc2ccccc12. The van der Waals surface area contributed by atoms with Gasteiger partial charge in [0.2, 0.25) is 10.0 Å². The average Bonchev–Trinajstić information content (AvgIpc) is 2.96. The van der Waals surface area contributed by atoms with Gasteiger partial charge in [-0.2, -0.15) is 4.31 Å². The number of benzene rings is 2. The van der Waals surface area contributed by atoms with Gasteiger partial charge in [-0.3, -0.25) is 0 Å². The average molecular weight is 365 g/mol. The molecule has 3 rings (SSSR count). The van der Waals surface area contributed by atoms with Crippen molar-refractivity contribution in [3.05, 3.63) is 64.8 Å². The molecule has 1 heterocycles. The third-order valence-electron chi connectivity index (χ3n) is 4.09. The number of fused-ring (bicyclic) bond motifs is 1. The van der Waals surface area contributed by atoms with Crippen LogP contribution in [0.25, 0.3) is 11.0 Å². The van der Waals surface area contributed by atoms with Crippen LogP contribution in [0.1, 0.15) is 24.2 Å². The van der Waals surface area contributed by atoms with Gasteiger partial charge >= 0.3 is 0 Å². The van der Waals surface area contributed by atoms with Crippen molar-refractivity contribution < 1.29 is 12.9 Å². The maximum absolute atomic E-state index is 12.8. The standard InChI is InChI=1S/C17H17ClN2O3S/c1-12(13-6-5-7-14(18)10-13)20(2)24(21,22)11-16-15-8-3-4-9-17(15)23-19-16/h3-10,12H,11H2,1-2H3. The van der Waals surface area contributed by atoms with Crippen LogP contribution < -0.4 is 0 Å². The zero-order chi connectivity index (χ0) is 17.3. The molecule has 0 saturated heterocycles. The molecular weight excluding hydrogens is 348 g/mol. The summed E-state index contributed by atoms with van der Waals surface area (Å²) in [6.07, 6.45) is 0. The highest BCUT2D eigenvalue weighted by molar-refractivity contribution is 7.88. The maximum atomic E-state index is 12.8. The van der Waals surface area contributed by atoms with Crippen molar-refractivity contribution in [2.75, 3.05) is 7.05 Å². The number of rotatable bonds is 5. The van der Waals surface area contributed by atoms with E-state index >= 15 is 0 Å². The predicted octanol–water partition coefficient (Wildman–Crippen LogP) is 4.00. The number of nitrogens with zero attached hydrogens (tertiary/aromatic N) is 2. The van der Waals surface area contributed by atoms with Gasteiger partial charge in [-0.1, -0.05) is 41.0 Å². The Bertz CT molecular complexity index is 969. The lowest BCUT2D eigenvalue weighted by Gasteiger charge is -2.24. The second-order valence-electron chi connectivity index (χ2n) is 5.63. The third-order valence-corrected chi connectivity index (χ3v) is 6.15. The number of sulfonamides is 1. The molecule has 0 bridgehead atoms. The topological polar surface area (TPSA) is 63.4 Å².